The molecule has 1 aromatic carbocycles. The summed E-state index contributed by atoms with van der Waals surface area (Å²) in [5.41, 5.74) is -0.936. The van der Waals surface area contributed by atoms with E-state index in [4.69, 9.17) is 0 Å². The van der Waals surface area contributed by atoms with Crippen LogP contribution in [-0.4, -0.2) is 19.0 Å². The average Bonchev–Trinajstić information content (AvgIpc) is 2.34. The van der Waals surface area contributed by atoms with Crippen molar-refractivity contribution in [1.29, 1.82) is 0 Å². The third-order valence-corrected chi connectivity index (χ3v) is 2.72. The second-order valence-corrected chi connectivity index (χ2v) is 4.76. The first kappa shape index (κ1) is 17.6. The zero-order valence-corrected chi connectivity index (χ0v) is 11.1. The minimum atomic E-state index is -4.83. The van der Waals surface area contributed by atoms with Gasteiger partial charge in [-0.25, -0.2) is 8.78 Å². The Bertz CT molecular complexity index is 480. The summed E-state index contributed by atoms with van der Waals surface area (Å²) in [4.78, 5) is 0. The van der Waals surface area contributed by atoms with Crippen LogP contribution in [0, 0.1) is 0 Å². The van der Waals surface area contributed by atoms with Crippen molar-refractivity contribution in [2.24, 2.45) is 0 Å². The second-order valence-electron chi connectivity index (χ2n) is 4.76. The predicted molar refractivity (Wildman–Crippen MR) is 62.0 cm³/mol. The highest BCUT2D eigenvalue weighted by molar-refractivity contribution is 5.40. The Hall–Kier alpha value is -1.47. The van der Waals surface area contributed by atoms with Gasteiger partial charge in [0.2, 0.25) is 0 Å². The molecule has 0 aliphatic rings. The Balaban J connectivity index is 3.07. The van der Waals surface area contributed by atoms with Crippen LogP contribution in [0.3, 0.4) is 0 Å². The first-order valence-electron chi connectivity index (χ1n) is 5.95. The zero-order valence-electron chi connectivity index (χ0n) is 11.1. The number of rotatable bonds is 5. The minimum Gasteiger partial charge on any atom is -0.486 e. The third-order valence-electron chi connectivity index (χ3n) is 2.72. The van der Waals surface area contributed by atoms with Crippen LogP contribution in [0.15, 0.2) is 18.2 Å². The molecule has 0 radical (unpaired) electrons. The van der Waals surface area contributed by atoms with Gasteiger partial charge in [0, 0.05) is 0 Å². The molecular weight excluding hydrogens is 305 g/mol. The van der Waals surface area contributed by atoms with Crippen molar-refractivity contribution >= 4 is 0 Å². The van der Waals surface area contributed by atoms with Crippen LogP contribution in [0.5, 0.6) is 5.75 Å². The number of hydrogen-bond donors (Lipinski definition) is 0. The second kappa shape index (κ2) is 6.11. The summed E-state index contributed by atoms with van der Waals surface area (Å²) in [5.74, 6) is -5.63. The Kier molecular flexibility index (Phi) is 5.11. The van der Waals surface area contributed by atoms with Crippen LogP contribution in [0.2, 0.25) is 0 Å². The van der Waals surface area contributed by atoms with Gasteiger partial charge in [-0.15, -0.1) is 0 Å². The van der Waals surface area contributed by atoms with E-state index in [-0.39, 0.29) is 5.92 Å². The molecule has 21 heavy (non-hydrogen) atoms. The maximum atomic E-state index is 12.9. The molecule has 0 atom stereocenters. The van der Waals surface area contributed by atoms with Crippen molar-refractivity contribution in [2.45, 2.75) is 38.3 Å². The minimum absolute atomic E-state index is 0.220. The van der Waals surface area contributed by atoms with E-state index >= 15 is 0 Å². The highest BCUT2D eigenvalue weighted by atomic mass is 19.4. The van der Waals surface area contributed by atoms with Gasteiger partial charge in [-0.05, 0) is 23.6 Å². The monoisotopic (exact) mass is 318 g/mol. The van der Waals surface area contributed by atoms with Crippen molar-refractivity contribution in [1.82, 2.24) is 0 Å². The summed E-state index contributed by atoms with van der Waals surface area (Å²) in [5, 5.41) is 0. The molecule has 8 heteroatoms. The molecule has 0 heterocycles. The van der Waals surface area contributed by atoms with Gasteiger partial charge >= 0.3 is 18.5 Å². The van der Waals surface area contributed by atoms with Crippen LogP contribution < -0.4 is 4.74 Å². The summed E-state index contributed by atoms with van der Waals surface area (Å²) in [6.45, 7) is 1.48. The van der Waals surface area contributed by atoms with Gasteiger partial charge in [0.05, 0.1) is 5.56 Å². The van der Waals surface area contributed by atoms with Crippen molar-refractivity contribution in [3.8, 4) is 5.75 Å². The van der Waals surface area contributed by atoms with Gasteiger partial charge in [-0.3, -0.25) is 0 Å². The average molecular weight is 318 g/mol. The molecule has 0 saturated carbocycles. The van der Waals surface area contributed by atoms with Gasteiger partial charge < -0.3 is 4.74 Å². The predicted octanol–water partition coefficient (Wildman–Crippen LogP) is 5.11. The lowest BCUT2D eigenvalue weighted by atomic mass is 10.00. The summed E-state index contributed by atoms with van der Waals surface area (Å²) in [6, 6.07) is 2.90. The Labute approximate surface area is 116 Å². The van der Waals surface area contributed by atoms with Crippen molar-refractivity contribution in [3.63, 3.8) is 0 Å². The molecule has 0 aromatic heterocycles. The summed E-state index contributed by atoms with van der Waals surface area (Å²) < 4.78 is 92.2. The smallest absolute Gasteiger partial charge is 0.419 e. The van der Waals surface area contributed by atoms with Gasteiger partial charge in [-0.2, -0.15) is 22.0 Å². The Morgan fingerprint density at radius 1 is 1.05 bits per heavy atom. The molecular formula is C13H13F7O. The van der Waals surface area contributed by atoms with Crippen LogP contribution >= 0.6 is 0 Å². The number of alkyl halides is 7. The standard InChI is InChI=1S/C13H13F7O/c1-7(2)8-3-4-10(9(5-8)13(18,19)20)21-6-12(16,17)11(14)15/h3-5,7,11H,6H2,1-2H3. The maximum Gasteiger partial charge on any atom is 0.419 e. The lowest BCUT2D eigenvalue weighted by Crippen LogP contribution is -2.34. The molecule has 0 unspecified atom stereocenters. The van der Waals surface area contributed by atoms with E-state index in [0.29, 0.717) is 5.56 Å². The van der Waals surface area contributed by atoms with E-state index in [1.807, 2.05) is 0 Å². The molecule has 0 aliphatic carbocycles. The Morgan fingerprint density at radius 3 is 2.05 bits per heavy atom. The highest BCUT2D eigenvalue weighted by Gasteiger charge is 2.43. The first-order chi connectivity index (χ1) is 9.45. The van der Waals surface area contributed by atoms with Crippen molar-refractivity contribution in [3.05, 3.63) is 29.3 Å². The van der Waals surface area contributed by atoms with E-state index in [1.54, 1.807) is 13.8 Å². The van der Waals surface area contributed by atoms with Crippen LogP contribution in [0.4, 0.5) is 30.7 Å². The molecule has 1 rings (SSSR count). The molecule has 1 nitrogen and oxygen atoms in total. The quantitative estimate of drug-likeness (QED) is 0.686. The summed E-state index contributed by atoms with van der Waals surface area (Å²) >= 11 is 0. The maximum absolute atomic E-state index is 12.9. The number of benzene rings is 1. The fourth-order valence-corrected chi connectivity index (χ4v) is 1.49. The SMILES string of the molecule is CC(C)c1ccc(OCC(F)(F)C(F)F)c(C(F)(F)F)c1. The molecule has 120 valence electrons. The molecule has 0 N–H and O–H groups in total. The topological polar surface area (TPSA) is 9.23 Å². The molecule has 0 bridgehead atoms. The Morgan fingerprint density at radius 2 is 1.62 bits per heavy atom. The molecule has 0 aliphatic heterocycles. The van der Waals surface area contributed by atoms with E-state index < -0.39 is 36.4 Å². The number of ether oxygens (including phenoxy) is 1. The first-order valence-corrected chi connectivity index (χ1v) is 5.95. The summed E-state index contributed by atoms with van der Waals surface area (Å²) in [7, 11) is 0. The lowest BCUT2D eigenvalue weighted by Gasteiger charge is -2.19. The zero-order chi connectivity index (χ0) is 16.4. The van der Waals surface area contributed by atoms with E-state index in [1.165, 1.54) is 6.07 Å². The number of halogens is 7. The molecule has 1 aromatic rings. The largest absolute Gasteiger partial charge is 0.486 e. The van der Waals surface area contributed by atoms with Crippen LogP contribution in [0.1, 0.15) is 30.9 Å². The normalized spacial score (nSPS) is 13.1. The lowest BCUT2D eigenvalue weighted by molar-refractivity contribution is -0.153. The van der Waals surface area contributed by atoms with Gasteiger partial charge in [0.25, 0.3) is 0 Å². The number of hydrogen-bond acceptors (Lipinski definition) is 1. The van der Waals surface area contributed by atoms with Gasteiger partial charge in [-0.1, -0.05) is 19.9 Å². The van der Waals surface area contributed by atoms with E-state index in [2.05, 4.69) is 4.74 Å². The molecule has 0 spiro atoms. The van der Waals surface area contributed by atoms with Crippen molar-refractivity contribution < 1.29 is 35.5 Å². The fraction of sp³-hybridized carbons (Fsp3) is 0.538. The van der Waals surface area contributed by atoms with Gasteiger partial charge in [0.1, 0.15) is 5.75 Å². The van der Waals surface area contributed by atoms with Crippen LogP contribution in [0.25, 0.3) is 0 Å². The van der Waals surface area contributed by atoms with E-state index in [9.17, 15) is 30.7 Å². The van der Waals surface area contributed by atoms with E-state index in [0.717, 1.165) is 12.1 Å². The molecule has 0 amide bonds. The highest BCUT2D eigenvalue weighted by Crippen LogP contribution is 2.38. The fourth-order valence-electron chi connectivity index (χ4n) is 1.49. The van der Waals surface area contributed by atoms with Gasteiger partial charge in [0.15, 0.2) is 6.61 Å². The van der Waals surface area contributed by atoms with Crippen molar-refractivity contribution in [2.75, 3.05) is 6.61 Å². The third kappa shape index (κ3) is 4.50. The molecule has 0 saturated heterocycles. The molecule has 0 fully saturated rings. The van der Waals surface area contributed by atoms with Crippen LogP contribution in [-0.2, 0) is 6.18 Å². The summed E-state index contributed by atoms with van der Waals surface area (Å²) in [6.07, 6.45) is -8.85.